The first-order chi connectivity index (χ1) is 10.2. The lowest BCUT2D eigenvalue weighted by molar-refractivity contribution is 0.528. The Morgan fingerprint density at radius 2 is 2.05 bits per heavy atom. The van der Waals surface area contributed by atoms with Crippen LogP contribution in [0.3, 0.4) is 0 Å². The molecule has 0 fully saturated rings. The largest absolute Gasteiger partial charge is 0.311 e. The molecule has 2 heterocycles. The van der Waals surface area contributed by atoms with Crippen molar-refractivity contribution < 1.29 is 0 Å². The first-order valence-corrected chi connectivity index (χ1v) is 7.90. The Labute approximate surface area is 127 Å². The van der Waals surface area contributed by atoms with E-state index < -0.39 is 0 Å². The third-order valence-corrected chi connectivity index (χ3v) is 3.97. The van der Waals surface area contributed by atoms with Gasteiger partial charge in [0.05, 0.1) is 17.4 Å². The van der Waals surface area contributed by atoms with Crippen LogP contribution >= 0.6 is 0 Å². The summed E-state index contributed by atoms with van der Waals surface area (Å²) in [6, 6.07) is 6.64. The van der Waals surface area contributed by atoms with Gasteiger partial charge in [0, 0.05) is 24.9 Å². The fourth-order valence-electron chi connectivity index (χ4n) is 2.73. The van der Waals surface area contributed by atoms with Crippen molar-refractivity contribution in [1.29, 1.82) is 0 Å². The molecule has 0 aliphatic rings. The van der Waals surface area contributed by atoms with E-state index in [4.69, 9.17) is 0 Å². The second kappa shape index (κ2) is 7.36. The highest BCUT2D eigenvalue weighted by Gasteiger charge is 2.17. The number of rotatable bonds is 7. The van der Waals surface area contributed by atoms with Crippen LogP contribution in [0.5, 0.6) is 0 Å². The van der Waals surface area contributed by atoms with Gasteiger partial charge in [-0.1, -0.05) is 19.9 Å². The minimum atomic E-state index is 0.229. The molecule has 1 N–H and O–H groups in total. The molecule has 21 heavy (non-hydrogen) atoms. The zero-order valence-corrected chi connectivity index (χ0v) is 13.6. The summed E-state index contributed by atoms with van der Waals surface area (Å²) in [5.41, 5.74) is 4.92. The van der Waals surface area contributed by atoms with Crippen molar-refractivity contribution in [3.05, 3.63) is 47.0 Å². The number of hydrogen-bond donors (Lipinski definition) is 1. The van der Waals surface area contributed by atoms with Crippen LogP contribution < -0.4 is 5.32 Å². The van der Waals surface area contributed by atoms with Crippen LogP contribution in [0, 0.1) is 0 Å². The lowest BCUT2D eigenvalue weighted by Crippen LogP contribution is -2.23. The van der Waals surface area contributed by atoms with E-state index in [1.807, 2.05) is 19.3 Å². The molecule has 0 aliphatic carbocycles. The highest BCUT2D eigenvalue weighted by atomic mass is 15.3. The molecule has 4 nitrogen and oxygen atoms in total. The predicted molar refractivity (Wildman–Crippen MR) is 86.4 cm³/mol. The monoisotopic (exact) mass is 286 g/mol. The third kappa shape index (κ3) is 3.50. The summed E-state index contributed by atoms with van der Waals surface area (Å²) in [6.07, 6.45) is 4.79. The summed E-state index contributed by atoms with van der Waals surface area (Å²) >= 11 is 0. The molecule has 0 saturated heterocycles. The number of nitrogens with one attached hydrogen (secondary N) is 1. The minimum absolute atomic E-state index is 0.229. The van der Waals surface area contributed by atoms with Crippen LogP contribution in [-0.4, -0.2) is 21.8 Å². The van der Waals surface area contributed by atoms with Crippen molar-refractivity contribution in [3.63, 3.8) is 0 Å². The minimum Gasteiger partial charge on any atom is -0.311 e. The van der Waals surface area contributed by atoms with Gasteiger partial charge in [0.1, 0.15) is 0 Å². The highest BCUT2D eigenvalue weighted by molar-refractivity contribution is 5.25. The first kappa shape index (κ1) is 15.7. The van der Waals surface area contributed by atoms with Crippen LogP contribution in [0.1, 0.15) is 49.5 Å². The van der Waals surface area contributed by atoms with Gasteiger partial charge in [-0.3, -0.25) is 9.67 Å². The molecule has 4 heteroatoms. The van der Waals surface area contributed by atoms with Gasteiger partial charge in [0.2, 0.25) is 0 Å². The van der Waals surface area contributed by atoms with E-state index in [0.29, 0.717) is 0 Å². The van der Waals surface area contributed by atoms with E-state index in [0.717, 1.165) is 31.5 Å². The van der Waals surface area contributed by atoms with Crippen LogP contribution in [-0.2, 0) is 25.8 Å². The molecule has 114 valence electrons. The Kier molecular flexibility index (Phi) is 5.51. The van der Waals surface area contributed by atoms with Crippen molar-refractivity contribution in [2.75, 3.05) is 7.05 Å². The first-order valence-electron chi connectivity index (χ1n) is 7.90. The molecule has 0 saturated carbocycles. The standard InChI is InChI=1S/C17H26N4/c1-5-13-9-8-10-19-17(13)16(18-4)12-15-11-14(6-2)20-21(15)7-3/h8-11,16,18H,5-7,12H2,1-4H3. The molecule has 0 spiro atoms. The van der Waals surface area contributed by atoms with E-state index in [1.165, 1.54) is 17.0 Å². The lowest BCUT2D eigenvalue weighted by atomic mass is 10.0. The van der Waals surface area contributed by atoms with Gasteiger partial charge in [-0.05, 0) is 44.5 Å². The zero-order chi connectivity index (χ0) is 15.2. The molecule has 1 unspecified atom stereocenters. The van der Waals surface area contributed by atoms with Crippen molar-refractivity contribution in [2.24, 2.45) is 0 Å². The molecular formula is C17H26N4. The van der Waals surface area contributed by atoms with E-state index in [-0.39, 0.29) is 6.04 Å². The van der Waals surface area contributed by atoms with E-state index in [1.54, 1.807) is 0 Å². The van der Waals surface area contributed by atoms with E-state index in [2.05, 4.69) is 53.0 Å². The van der Waals surface area contributed by atoms with Gasteiger partial charge >= 0.3 is 0 Å². The zero-order valence-electron chi connectivity index (χ0n) is 13.6. The molecule has 0 amide bonds. The van der Waals surface area contributed by atoms with Crippen LogP contribution in [0.15, 0.2) is 24.4 Å². The van der Waals surface area contributed by atoms with Crippen LogP contribution in [0.2, 0.25) is 0 Å². The SMILES string of the molecule is CCc1cc(CC(NC)c2ncccc2CC)n(CC)n1. The third-order valence-electron chi connectivity index (χ3n) is 3.97. The Morgan fingerprint density at radius 3 is 2.67 bits per heavy atom. The smallest absolute Gasteiger partial charge is 0.0624 e. The summed E-state index contributed by atoms with van der Waals surface area (Å²) in [5.74, 6) is 0. The van der Waals surface area contributed by atoms with Gasteiger partial charge in [-0.15, -0.1) is 0 Å². The van der Waals surface area contributed by atoms with Crippen molar-refractivity contribution in [1.82, 2.24) is 20.1 Å². The molecular weight excluding hydrogens is 260 g/mol. The second-order valence-electron chi connectivity index (χ2n) is 5.24. The predicted octanol–water partition coefficient (Wildman–Crippen LogP) is 2.93. The van der Waals surface area contributed by atoms with Crippen molar-refractivity contribution in [2.45, 2.75) is 52.6 Å². The average molecular weight is 286 g/mol. The molecule has 2 aromatic heterocycles. The summed E-state index contributed by atoms with van der Waals surface area (Å²) in [5, 5.41) is 8.06. The number of aromatic nitrogens is 3. The van der Waals surface area contributed by atoms with Crippen LogP contribution in [0.4, 0.5) is 0 Å². The van der Waals surface area contributed by atoms with Gasteiger partial charge in [-0.25, -0.2) is 0 Å². The Bertz CT molecular complexity index is 574. The molecule has 1 atom stereocenters. The van der Waals surface area contributed by atoms with Gasteiger partial charge in [0.25, 0.3) is 0 Å². The fraction of sp³-hybridized carbons (Fsp3) is 0.529. The van der Waals surface area contributed by atoms with Gasteiger partial charge in [-0.2, -0.15) is 5.10 Å². The lowest BCUT2D eigenvalue weighted by Gasteiger charge is -2.19. The highest BCUT2D eigenvalue weighted by Crippen LogP contribution is 2.21. The summed E-state index contributed by atoms with van der Waals surface area (Å²) < 4.78 is 2.11. The topological polar surface area (TPSA) is 42.7 Å². The number of hydrogen-bond acceptors (Lipinski definition) is 3. The number of likely N-dealkylation sites (N-methyl/N-ethyl adjacent to an activating group) is 1. The second-order valence-corrected chi connectivity index (χ2v) is 5.24. The Balaban J connectivity index is 2.28. The van der Waals surface area contributed by atoms with Gasteiger partial charge in [0.15, 0.2) is 0 Å². The maximum Gasteiger partial charge on any atom is 0.0624 e. The summed E-state index contributed by atoms with van der Waals surface area (Å²) in [7, 11) is 2.01. The Hall–Kier alpha value is -1.68. The van der Waals surface area contributed by atoms with Crippen molar-refractivity contribution in [3.8, 4) is 0 Å². The molecule has 2 rings (SSSR count). The molecule has 2 aromatic rings. The fourth-order valence-corrected chi connectivity index (χ4v) is 2.73. The normalized spacial score (nSPS) is 12.6. The molecule has 0 aliphatic heterocycles. The maximum absolute atomic E-state index is 4.64. The number of pyridine rings is 1. The van der Waals surface area contributed by atoms with Crippen LogP contribution in [0.25, 0.3) is 0 Å². The average Bonchev–Trinajstić information content (AvgIpc) is 2.94. The van der Waals surface area contributed by atoms with Gasteiger partial charge < -0.3 is 5.32 Å². The summed E-state index contributed by atoms with van der Waals surface area (Å²) in [4.78, 5) is 4.61. The molecule has 0 aromatic carbocycles. The van der Waals surface area contributed by atoms with Crippen molar-refractivity contribution >= 4 is 0 Å². The molecule has 0 bridgehead atoms. The molecule has 0 radical (unpaired) electrons. The van der Waals surface area contributed by atoms with E-state index >= 15 is 0 Å². The maximum atomic E-state index is 4.64. The Morgan fingerprint density at radius 1 is 1.24 bits per heavy atom. The quantitative estimate of drug-likeness (QED) is 0.851. The number of nitrogens with zero attached hydrogens (tertiary/aromatic N) is 3. The number of aryl methyl sites for hydroxylation is 3. The summed E-state index contributed by atoms with van der Waals surface area (Å²) in [6.45, 7) is 7.38. The van der Waals surface area contributed by atoms with E-state index in [9.17, 15) is 0 Å².